The lowest BCUT2D eigenvalue weighted by Crippen LogP contribution is -2.30. The fourth-order valence-electron chi connectivity index (χ4n) is 1.11. The number of aryl methyl sites for hydroxylation is 1. The van der Waals surface area contributed by atoms with Gasteiger partial charge in [0.2, 0.25) is 5.91 Å². The molecule has 0 radical (unpaired) electrons. The first-order valence-corrected chi connectivity index (χ1v) is 6.05. The molecule has 1 rings (SSSR count). The predicted molar refractivity (Wildman–Crippen MR) is 75.8 cm³/mol. The smallest absolute Gasteiger partial charge is 0.234 e. The fraction of sp³-hybridized carbons (Fsp3) is 0.273. The molecule has 0 spiro atoms. The summed E-state index contributed by atoms with van der Waals surface area (Å²) in [6, 6.07) is 3.29. The summed E-state index contributed by atoms with van der Waals surface area (Å²) in [5, 5.41) is 3.60. The first-order valence-electron chi connectivity index (χ1n) is 4.88. The van der Waals surface area contributed by atoms with E-state index in [1.807, 2.05) is 6.92 Å². The van der Waals surface area contributed by atoms with Gasteiger partial charge in [-0.15, -0.1) is 0 Å². The van der Waals surface area contributed by atoms with Gasteiger partial charge in [0.15, 0.2) is 0 Å². The second-order valence-corrected chi connectivity index (χ2v) is 4.98. The molecule has 6 heteroatoms. The Morgan fingerprint density at radius 1 is 1.41 bits per heavy atom. The second kappa shape index (κ2) is 5.67. The van der Waals surface area contributed by atoms with Gasteiger partial charge in [-0.2, -0.15) is 0 Å². The van der Waals surface area contributed by atoms with E-state index in [9.17, 15) is 4.79 Å². The Labute approximate surface area is 115 Å². The van der Waals surface area contributed by atoms with Gasteiger partial charge in [-0.25, -0.2) is 0 Å². The first kappa shape index (κ1) is 14.2. The van der Waals surface area contributed by atoms with Gasteiger partial charge >= 0.3 is 0 Å². The molecule has 0 saturated carbocycles. The van der Waals surface area contributed by atoms with E-state index >= 15 is 0 Å². The van der Waals surface area contributed by atoms with Crippen LogP contribution in [0, 0.1) is 12.8 Å². The molecule has 0 aliphatic heterocycles. The standard InChI is InChI=1S/C11H12Cl2N2OS/c1-5-3-8(13)9(4-7(5)12)15-11(16)6(2)10(14)17/h3-4,6H,1-2H3,(H2,14,17)(H,15,16). The van der Waals surface area contributed by atoms with Crippen molar-refractivity contribution >= 4 is 52.0 Å². The number of benzene rings is 1. The Balaban J connectivity index is 2.93. The molecule has 92 valence electrons. The van der Waals surface area contributed by atoms with Crippen LogP contribution in [-0.2, 0) is 4.79 Å². The zero-order chi connectivity index (χ0) is 13.2. The highest BCUT2D eigenvalue weighted by molar-refractivity contribution is 7.80. The third-order valence-corrected chi connectivity index (χ3v) is 3.40. The third-order valence-electron chi connectivity index (χ3n) is 2.33. The normalized spacial score (nSPS) is 12.0. The second-order valence-electron chi connectivity index (χ2n) is 3.69. The van der Waals surface area contributed by atoms with Crippen molar-refractivity contribution in [3.05, 3.63) is 27.7 Å². The minimum atomic E-state index is -0.554. The number of carbonyl (C=O) groups is 1. The van der Waals surface area contributed by atoms with Crippen molar-refractivity contribution in [1.29, 1.82) is 0 Å². The molecule has 0 heterocycles. The Morgan fingerprint density at radius 2 is 2.00 bits per heavy atom. The molecule has 0 aliphatic rings. The number of nitrogens with two attached hydrogens (primary N) is 1. The zero-order valence-electron chi connectivity index (χ0n) is 9.38. The minimum absolute atomic E-state index is 0.136. The Kier molecular flexibility index (Phi) is 4.74. The molecular weight excluding hydrogens is 279 g/mol. The van der Waals surface area contributed by atoms with Gasteiger partial charge in [0.25, 0.3) is 0 Å². The maximum atomic E-state index is 11.7. The first-order chi connectivity index (χ1) is 7.82. The van der Waals surface area contributed by atoms with Crippen molar-refractivity contribution < 1.29 is 4.79 Å². The van der Waals surface area contributed by atoms with E-state index in [1.165, 1.54) is 0 Å². The molecule has 0 fully saturated rings. The van der Waals surface area contributed by atoms with Crippen molar-refractivity contribution in [2.75, 3.05) is 5.32 Å². The quantitative estimate of drug-likeness (QED) is 0.841. The molecule has 0 saturated heterocycles. The Morgan fingerprint density at radius 3 is 2.53 bits per heavy atom. The van der Waals surface area contributed by atoms with Crippen molar-refractivity contribution in [3.8, 4) is 0 Å². The number of thiocarbonyl (C=S) groups is 1. The highest BCUT2D eigenvalue weighted by Gasteiger charge is 2.17. The number of hydrogen-bond donors (Lipinski definition) is 2. The van der Waals surface area contributed by atoms with Gasteiger partial charge in [-0.3, -0.25) is 4.79 Å². The summed E-state index contributed by atoms with van der Waals surface area (Å²) >= 11 is 16.7. The monoisotopic (exact) mass is 290 g/mol. The van der Waals surface area contributed by atoms with Gasteiger partial charge < -0.3 is 11.1 Å². The highest BCUT2D eigenvalue weighted by Crippen LogP contribution is 2.29. The van der Waals surface area contributed by atoms with E-state index in [0.717, 1.165) is 5.56 Å². The zero-order valence-corrected chi connectivity index (χ0v) is 11.7. The molecule has 0 bridgehead atoms. The molecule has 1 aromatic carbocycles. The van der Waals surface area contributed by atoms with E-state index < -0.39 is 5.92 Å². The molecule has 3 N–H and O–H groups in total. The summed E-state index contributed by atoms with van der Waals surface area (Å²) < 4.78 is 0. The molecule has 1 amide bonds. The lowest BCUT2D eigenvalue weighted by atomic mass is 10.1. The van der Waals surface area contributed by atoms with Gasteiger partial charge in [0.1, 0.15) is 0 Å². The van der Waals surface area contributed by atoms with Crippen LogP contribution >= 0.6 is 35.4 Å². The molecule has 1 atom stereocenters. The van der Waals surface area contributed by atoms with Crippen LogP contribution in [0.2, 0.25) is 10.0 Å². The van der Waals surface area contributed by atoms with Crippen LogP contribution in [0.5, 0.6) is 0 Å². The molecule has 0 aromatic heterocycles. The highest BCUT2D eigenvalue weighted by atomic mass is 35.5. The Hall–Kier alpha value is -0.840. The largest absolute Gasteiger partial charge is 0.393 e. The van der Waals surface area contributed by atoms with E-state index in [1.54, 1.807) is 19.1 Å². The van der Waals surface area contributed by atoms with Crippen molar-refractivity contribution in [2.24, 2.45) is 11.7 Å². The van der Waals surface area contributed by atoms with Gasteiger partial charge in [-0.1, -0.05) is 35.4 Å². The van der Waals surface area contributed by atoms with E-state index in [-0.39, 0.29) is 10.9 Å². The van der Waals surface area contributed by atoms with Gasteiger partial charge in [0, 0.05) is 5.02 Å². The van der Waals surface area contributed by atoms with E-state index in [0.29, 0.717) is 15.7 Å². The number of rotatable bonds is 3. The van der Waals surface area contributed by atoms with Crippen molar-refractivity contribution in [2.45, 2.75) is 13.8 Å². The predicted octanol–water partition coefficient (Wildman–Crippen LogP) is 3.16. The number of halogens is 2. The summed E-state index contributed by atoms with van der Waals surface area (Å²) in [5.41, 5.74) is 6.69. The number of amides is 1. The van der Waals surface area contributed by atoms with Crippen LogP contribution < -0.4 is 11.1 Å². The molecule has 0 aliphatic carbocycles. The number of anilines is 1. The topological polar surface area (TPSA) is 55.1 Å². The van der Waals surface area contributed by atoms with Crippen LogP contribution in [-0.4, -0.2) is 10.9 Å². The number of hydrogen-bond acceptors (Lipinski definition) is 2. The maximum absolute atomic E-state index is 11.7. The number of carbonyl (C=O) groups excluding carboxylic acids is 1. The lowest BCUT2D eigenvalue weighted by Gasteiger charge is -2.12. The number of nitrogens with one attached hydrogen (secondary N) is 1. The molecule has 3 nitrogen and oxygen atoms in total. The van der Waals surface area contributed by atoms with Crippen LogP contribution in [0.25, 0.3) is 0 Å². The van der Waals surface area contributed by atoms with Crippen molar-refractivity contribution in [1.82, 2.24) is 0 Å². The average Bonchev–Trinajstić information content (AvgIpc) is 2.24. The molecule has 1 unspecified atom stereocenters. The molecule has 1 aromatic rings. The van der Waals surface area contributed by atoms with Crippen LogP contribution in [0.3, 0.4) is 0 Å². The summed E-state index contributed by atoms with van der Waals surface area (Å²) in [6.07, 6.45) is 0. The summed E-state index contributed by atoms with van der Waals surface area (Å²) in [7, 11) is 0. The average molecular weight is 291 g/mol. The van der Waals surface area contributed by atoms with E-state index in [2.05, 4.69) is 5.32 Å². The summed E-state index contributed by atoms with van der Waals surface area (Å²) in [4.78, 5) is 11.9. The van der Waals surface area contributed by atoms with Crippen LogP contribution in [0.1, 0.15) is 12.5 Å². The van der Waals surface area contributed by atoms with E-state index in [4.69, 9.17) is 41.2 Å². The SMILES string of the molecule is Cc1cc(Cl)c(NC(=O)C(C)C(N)=S)cc1Cl. The van der Waals surface area contributed by atoms with Crippen LogP contribution in [0.4, 0.5) is 5.69 Å². The van der Waals surface area contributed by atoms with Gasteiger partial charge in [0.05, 0.1) is 21.6 Å². The third kappa shape index (κ3) is 3.56. The van der Waals surface area contributed by atoms with Crippen molar-refractivity contribution in [3.63, 3.8) is 0 Å². The minimum Gasteiger partial charge on any atom is -0.393 e. The Bertz CT molecular complexity index is 477. The molecule has 17 heavy (non-hydrogen) atoms. The maximum Gasteiger partial charge on any atom is 0.234 e. The van der Waals surface area contributed by atoms with Gasteiger partial charge in [-0.05, 0) is 31.5 Å². The lowest BCUT2D eigenvalue weighted by molar-refractivity contribution is -0.117. The molecular formula is C11H12Cl2N2OS. The summed E-state index contributed by atoms with van der Waals surface area (Å²) in [6.45, 7) is 3.46. The fourth-order valence-corrected chi connectivity index (χ4v) is 1.65. The van der Waals surface area contributed by atoms with Crippen LogP contribution in [0.15, 0.2) is 12.1 Å². The summed E-state index contributed by atoms with van der Waals surface area (Å²) in [5.74, 6) is -0.861.